The van der Waals surface area contributed by atoms with Gasteiger partial charge < -0.3 is 4.74 Å². The van der Waals surface area contributed by atoms with Crippen LogP contribution in [0, 0.1) is 0 Å². The van der Waals surface area contributed by atoms with Crippen LogP contribution in [0.25, 0.3) is 22.6 Å². The van der Waals surface area contributed by atoms with Crippen molar-refractivity contribution >= 4 is 40.2 Å². The van der Waals surface area contributed by atoms with Crippen LogP contribution in [-0.2, 0) is 9.53 Å². The van der Waals surface area contributed by atoms with E-state index in [2.05, 4.69) is 6.07 Å². The number of rotatable bonds is 2. The second-order valence-electron chi connectivity index (χ2n) is 5.61. The molecule has 24 heavy (non-hydrogen) atoms. The molecular weight excluding hydrogens is 320 g/mol. The summed E-state index contributed by atoms with van der Waals surface area (Å²) in [6, 6.07) is 21.5. The van der Waals surface area contributed by atoms with Gasteiger partial charge in [-0.05, 0) is 46.7 Å². The summed E-state index contributed by atoms with van der Waals surface area (Å²) >= 11 is 5.99. The number of esters is 1. The molecule has 116 valence electrons. The molecule has 0 aromatic heterocycles. The molecule has 0 N–H and O–H groups in total. The number of benzene rings is 3. The van der Waals surface area contributed by atoms with Gasteiger partial charge in [-0.15, -0.1) is 0 Å². The second kappa shape index (κ2) is 5.99. The molecule has 0 saturated carbocycles. The van der Waals surface area contributed by atoms with Crippen LogP contribution >= 0.6 is 11.6 Å². The highest BCUT2D eigenvalue weighted by molar-refractivity contribution is 6.30. The van der Waals surface area contributed by atoms with Gasteiger partial charge in [0.25, 0.3) is 0 Å². The van der Waals surface area contributed by atoms with Gasteiger partial charge in [-0.2, -0.15) is 0 Å². The molecule has 0 radical (unpaired) electrons. The molecule has 3 aromatic rings. The minimum Gasteiger partial charge on any atom is -0.422 e. The van der Waals surface area contributed by atoms with Gasteiger partial charge >= 0.3 is 5.97 Å². The number of cyclic esters (lactones) is 1. The maximum atomic E-state index is 12.1. The summed E-state index contributed by atoms with van der Waals surface area (Å²) in [5.41, 5.74) is 2.27. The lowest BCUT2D eigenvalue weighted by molar-refractivity contribution is -0.130. The highest BCUT2D eigenvalue weighted by Crippen LogP contribution is 2.29. The lowest BCUT2D eigenvalue weighted by Gasteiger charge is -2.04. The van der Waals surface area contributed by atoms with Crippen molar-refractivity contribution in [2.45, 2.75) is 0 Å². The first-order valence-corrected chi connectivity index (χ1v) is 7.97. The zero-order valence-electron chi connectivity index (χ0n) is 12.7. The molecule has 3 heteroatoms. The van der Waals surface area contributed by atoms with E-state index in [0.29, 0.717) is 16.4 Å². The lowest BCUT2D eigenvalue weighted by atomic mass is 10.1. The van der Waals surface area contributed by atoms with Gasteiger partial charge in [-0.1, -0.05) is 60.1 Å². The summed E-state index contributed by atoms with van der Waals surface area (Å²) in [4.78, 5) is 12.1. The van der Waals surface area contributed by atoms with Gasteiger partial charge in [-0.3, -0.25) is 0 Å². The molecular formula is C21H13ClO2. The normalized spacial score (nSPS) is 15.6. The Morgan fingerprint density at radius 3 is 2.54 bits per heavy atom. The van der Waals surface area contributed by atoms with Crippen LogP contribution in [0.2, 0.25) is 5.02 Å². The molecule has 4 rings (SSSR count). The van der Waals surface area contributed by atoms with Crippen LogP contribution in [0.1, 0.15) is 11.1 Å². The van der Waals surface area contributed by atoms with E-state index in [0.717, 1.165) is 21.9 Å². The Labute approximate surface area is 144 Å². The number of carbonyl (C=O) groups excluding carboxylic acids is 1. The number of carbonyl (C=O) groups is 1. The van der Waals surface area contributed by atoms with E-state index < -0.39 is 0 Å². The van der Waals surface area contributed by atoms with Crippen molar-refractivity contribution in [2.75, 3.05) is 0 Å². The van der Waals surface area contributed by atoms with Crippen LogP contribution < -0.4 is 0 Å². The molecule has 0 saturated heterocycles. The SMILES string of the molecule is O=C1OC(c2ccc3ccccc3c2)=C/C1=C/c1cccc(Cl)c1. The third-order valence-corrected chi connectivity index (χ3v) is 4.16. The van der Waals surface area contributed by atoms with Crippen molar-refractivity contribution in [1.29, 1.82) is 0 Å². The van der Waals surface area contributed by atoms with Crippen molar-refractivity contribution in [2.24, 2.45) is 0 Å². The van der Waals surface area contributed by atoms with E-state index in [-0.39, 0.29) is 5.97 Å². The predicted molar refractivity (Wildman–Crippen MR) is 97.4 cm³/mol. The Bertz CT molecular complexity index is 1020. The summed E-state index contributed by atoms with van der Waals surface area (Å²) in [7, 11) is 0. The first-order chi connectivity index (χ1) is 11.7. The van der Waals surface area contributed by atoms with Crippen molar-refractivity contribution in [3.05, 3.63) is 94.5 Å². The quantitative estimate of drug-likeness (QED) is 0.459. The monoisotopic (exact) mass is 332 g/mol. The number of ether oxygens (including phenoxy) is 1. The molecule has 0 spiro atoms. The summed E-state index contributed by atoms with van der Waals surface area (Å²) in [6.07, 6.45) is 3.55. The number of hydrogen-bond donors (Lipinski definition) is 0. The molecule has 0 bridgehead atoms. The molecule has 0 atom stereocenters. The third-order valence-electron chi connectivity index (χ3n) is 3.93. The Hall–Kier alpha value is -2.84. The zero-order chi connectivity index (χ0) is 16.5. The molecule has 0 unspecified atom stereocenters. The first kappa shape index (κ1) is 14.7. The number of fused-ring (bicyclic) bond motifs is 1. The van der Waals surface area contributed by atoms with E-state index in [4.69, 9.17) is 16.3 Å². The van der Waals surface area contributed by atoms with Crippen molar-refractivity contribution in [1.82, 2.24) is 0 Å². The van der Waals surface area contributed by atoms with Gasteiger partial charge in [0.05, 0.1) is 5.57 Å². The molecule has 0 amide bonds. The summed E-state index contributed by atoms with van der Waals surface area (Å²) < 4.78 is 5.43. The summed E-state index contributed by atoms with van der Waals surface area (Å²) in [5.74, 6) is 0.220. The topological polar surface area (TPSA) is 26.3 Å². The Morgan fingerprint density at radius 1 is 0.875 bits per heavy atom. The zero-order valence-corrected chi connectivity index (χ0v) is 13.5. The largest absolute Gasteiger partial charge is 0.422 e. The third kappa shape index (κ3) is 2.84. The van der Waals surface area contributed by atoms with Crippen LogP contribution in [0.5, 0.6) is 0 Å². The van der Waals surface area contributed by atoms with Crippen LogP contribution in [-0.4, -0.2) is 5.97 Å². The van der Waals surface area contributed by atoms with Crippen LogP contribution in [0.4, 0.5) is 0 Å². The average molecular weight is 333 g/mol. The number of hydrogen-bond acceptors (Lipinski definition) is 2. The van der Waals surface area contributed by atoms with E-state index in [1.807, 2.05) is 54.6 Å². The van der Waals surface area contributed by atoms with E-state index >= 15 is 0 Å². The highest BCUT2D eigenvalue weighted by atomic mass is 35.5. The Balaban J connectivity index is 1.72. The Morgan fingerprint density at radius 2 is 1.71 bits per heavy atom. The predicted octanol–water partition coefficient (Wildman–Crippen LogP) is 5.47. The summed E-state index contributed by atoms with van der Waals surface area (Å²) in [5, 5.41) is 2.90. The minimum atomic E-state index is -0.349. The molecule has 0 fully saturated rings. The fraction of sp³-hybridized carbons (Fsp3) is 0. The van der Waals surface area contributed by atoms with Crippen molar-refractivity contribution in [3.63, 3.8) is 0 Å². The van der Waals surface area contributed by atoms with Gasteiger partial charge in [-0.25, -0.2) is 4.79 Å². The van der Waals surface area contributed by atoms with Gasteiger partial charge in [0.15, 0.2) is 0 Å². The first-order valence-electron chi connectivity index (χ1n) is 7.59. The van der Waals surface area contributed by atoms with Gasteiger partial charge in [0.2, 0.25) is 0 Å². The Kier molecular flexibility index (Phi) is 3.68. The molecule has 1 heterocycles. The van der Waals surface area contributed by atoms with E-state index in [1.165, 1.54) is 0 Å². The van der Waals surface area contributed by atoms with Crippen molar-refractivity contribution in [3.8, 4) is 0 Å². The maximum absolute atomic E-state index is 12.1. The number of halogens is 1. The molecule has 2 nitrogen and oxygen atoms in total. The second-order valence-corrected chi connectivity index (χ2v) is 6.05. The van der Waals surface area contributed by atoms with Crippen LogP contribution in [0.3, 0.4) is 0 Å². The van der Waals surface area contributed by atoms with Gasteiger partial charge in [0.1, 0.15) is 5.76 Å². The standard InChI is InChI=1S/C21H13ClO2/c22-19-7-3-4-14(11-19)10-18-13-20(24-21(18)23)17-9-8-15-5-1-2-6-16(15)12-17/h1-13H/b18-10-. The molecule has 3 aromatic carbocycles. The highest BCUT2D eigenvalue weighted by Gasteiger charge is 2.22. The fourth-order valence-corrected chi connectivity index (χ4v) is 2.95. The molecule has 1 aliphatic heterocycles. The summed E-state index contributed by atoms with van der Waals surface area (Å²) in [6.45, 7) is 0. The smallest absolute Gasteiger partial charge is 0.343 e. The maximum Gasteiger partial charge on any atom is 0.343 e. The van der Waals surface area contributed by atoms with Crippen molar-refractivity contribution < 1.29 is 9.53 Å². The lowest BCUT2D eigenvalue weighted by Crippen LogP contribution is -1.97. The average Bonchev–Trinajstić information content (AvgIpc) is 2.95. The molecule has 0 aliphatic carbocycles. The van der Waals surface area contributed by atoms with E-state index in [9.17, 15) is 4.79 Å². The minimum absolute atomic E-state index is 0.349. The van der Waals surface area contributed by atoms with E-state index in [1.54, 1.807) is 18.2 Å². The fourth-order valence-electron chi connectivity index (χ4n) is 2.75. The van der Waals surface area contributed by atoms with Gasteiger partial charge in [0, 0.05) is 10.6 Å². The molecule has 1 aliphatic rings. The van der Waals surface area contributed by atoms with Crippen LogP contribution in [0.15, 0.2) is 78.4 Å².